The van der Waals surface area contributed by atoms with Crippen molar-refractivity contribution in [2.24, 2.45) is 0 Å². The van der Waals surface area contributed by atoms with E-state index in [1.807, 2.05) is 0 Å². The van der Waals surface area contributed by atoms with Crippen molar-refractivity contribution in [2.75, 3.05) is 0 Å². The summed E-state index contributed by atoms with van der Waals surface area (Å²) in [4.78, 5) is 24.8. The van der Waals surface area contributed by atoms with Gasteiger partial charge in [0.25, 0.3) is 0 Å². The molecule has 0 unspecified atom stereocenters. The lowest BCUT2D eigenvalue weighted by molar-refractivity contribution is 0.0974. The van der Waals surface area contributed by atoms with Crippen molar-refractivity contribution in [3.8, 4) is 0 Å². The summed E-state index contributed by atoms with van der Waals surface area (Å²) in [6, 6.07) is 11.7. The van der Waals surface area contributed by atoms with Crippen LogP contribution in [0.4, 0.5) is 0 Å². The minimum Gasteiger partial charge on any atom is -0.376 e. The van der Waals surface area contributed by atoms with E-state index in [1.165, 1.54) is 0 Å². The lowest BCUT2D eigenvalue weighted by atomic mass is 9.92. The number of hydrogen-bond donors (Lipinski definition) is 1. The predicted octanol–water partition coefficient (Wildman–Crippen LogP) is 4.61. The van der Waals surface area contributed by atoms with Crippen molar-refractivity contribution in [2.45, 2.75) is 6.54 Å². The smallest absolute Gasteiger partial charge is 0.211 e. The van der Waals surface area contributed by atoms with Gasteiger partial charge in [-0.3, -0.25) is 9.59 Å². The number of hydrogen-bond acceptors (Lipinski definition) is 3. The molecule has 0 amide bonds. The van der Waals surface area contributed by atoms with Crippen molar-refractivity contribution in [3.05, 3.63) is 79.9 Å². The van der Waals surface area contributed by atoms with E-state index in [9.17, 15) is 9.59 Å². The molecule has 0 heterocycles. The molecule has 116 valence electrons. The van der Waals surface area contributed by atoms with Crippen molar-refractivity contribution in [1.29, 1.82) is 0 Å². The summed E-state index contributed by atoms with van der Waals surface area (Å²) in [7, 11) is 0. The van der Waals surface area contributed by atoms with Gasteiger partial charge in [-0.2, -0.15) is 0 Å². The number of rotatable bonds is 3. The van der Waals surface area contributed by atoms with Gasteiger partial charge in [-0.05, 0) is 12.1 Å². The van der Waals surface area contributed by atoms with Crippen LogP contribution in [0.5, 0.6) is 0 Å². The van der Waals surface area contributed by atoms with Gasteiger partial charge in [-0.15, -0.1) is 0 Å². The van der Waals surface area contributed by atoms with Crippen LogP contribution in [-0.2, 0) is 6.54 Å². The minimum atomic E-state index is -0.380. The number of allylic oxidation sites excluding steroid dienone is 2. The lowest BCUT2D eigenvalue weighted by Crippen LogP contribution is -2.29. The molecule has 0 aliphatic heterocycles. The molecule has 0 aromatic heterocycles. The number of fused-ring (bicyclic) bond motifs is 1. The maximum Gasteiger partial charge on any atom is 0.211 e. The van der Waals surface area contributed by atoms with Gasteiger partial charge in [-0.1, -0.05) is 65.1 Å². The van der Waals surface area contributed by atoms with Crippen LogP contribution in [0.25, 0.3) is 0 Å². The molecule has 0 spiro atoms. The molecule has 3 nitrogen and oxygen atoms in total. The van der Waals surface area contributed by atoms with Gasteiger partial charge in [0.2, 0.25) is 11.6 Å². The molecule has 0 atom stereocenters. The summed E-state index contributed by atoms with van der Waals surface area (Å²) in [5.41, 5.74) is 1.33. The average molecular weight is 367 g/mol. The van der Waals surface area contributed by atoms with E-state index >= 15 is 0 Å². The van der Waals surface area contributed by atoms with Crippen LogP contribution in [0.2, 0.25) is 10.0 Å². The molecule has 6 heteroatoms. The highest BCUT2D eigenvalue weighted by Crippen LogP contribution is 2.29. The van der Waals surface area contributed by atoms with Gasteiger partial charge in [0.15, 0.2) is 0 Å². The van der Waals surface area contributed by atoms with E-state index in [0.717, 1.165) is 0 Å². The molecule has 0 saturated carbocycles. The monoisotopic (exact) mass is 365 g/mol. The Morgan fingerprint density at radius 3 is 1.96 bits per heavy atom. The van der Waals surface area contributed by atoms with Crippen LogP contribution in [0.1, 0.15) is 26.3 Å². The molecule has 0 saturated heterocycles. The Morgan fingerprint density at radius 1 is 0.783 bits per heavy atom. The van der Waals surface area contributed by atoms with E-state index in [0.29, 0.717) is 26.7 Å². The van der Waals surface area contributed by atoms with Gasteiger partial charge in [0.05, 0.1) is 0 Å². The fourth-order valence-corrected chi connectivity index (χ4v) is 3.17. The standard InChI is InChI=1S/C17H10Cl3NO2/c18-12-6-3-7-13(19)11(12)8-21-15-14(20)16(22)9-4-1-2-5-10(9)17(15)23/h1-7,21H,8H2. The van der Waals surface area contributed by atoms with Crippen LogP contribution in [0, 0.1) is 0 Å². The minimum absolute atomic E-state index is 0.0614. The first-order valence-corrected chi connectivity index (χ1v) is 7.89. The second kappa shape index (κ2) is 6.36. The zero-order valence-electron chi connectivity index (χ0n) is 11.7. The fraction of sp³-hybridized carbons (Fsp3) is 0.0588. The highest BCUT2D eigenvalue weighted by atomic mass is 35.5. The summed E-state index contributed by atoms with van der Waals surface area (Å²) in [5, 5.41) is 3.71. The summed E-state index contributed by atoms with van der Waals surface area (Å²) in [6.45, 7) is 0.186. The maximum absolute atomic E-state index is 12.5. The first kappa shape index (κ1) is 16.1. The first-order valence-electron chi connectivity index (χ1n) is 6.75. The van der Waals surface area contributed by atoms with Crippen LogP contribution < -0.4 is 5.32 Å². The lowest BCUT2D eigenvalue weighted by Gasteiger charge is -2.19. The summed E-state index contributed by atoms with van der Waals surface area (Å²) in [5.74, 6) is -0.706. The normalized spacial score (nSPS) is 14.0. The van der Waals surface area contributed by atoms with Gasteiger partial charge in [-0.25, -0.2) is 0 Å². The quantitative estimate of drug-likeness (QED) is 0.862. The highest BCUT2D eigenvalue weighted by Gasteiger charge is 2.31. The average Bonchev–Trinajstić information content (AvgIpc) is 2.55. The van der Waals surface area contributed by atoms with E-state index in [2.05, 4.69) is 5.32 Å². The number of carbonyl (C=O) groups is 2. The zero-order chi connectivity index (χ0) is 16.6. The van der Waals surface area contributed by atoms with Crippen molar-refractivity contribution >= 4 is 46.4 Å². The van der Waals surface area contributed by atoms with E-state index in [-0.39, 0.29) is 28.8 Å². The molecule has 23 heavy (non-hydrogen) atoms. The molecule has 1 aliphatic rings. The highest BCUT2D eigenvalue weighted by molar-refractivity contribution is 6.49. The second-order valence-corrected chi connectivity index (χ2v) is 6.14. The van der Waals surface area contributed by atoms with Gasteiger partial charge in [0.1, 0.15) is 10.7 Å². The number of benzene rings is 2. The molecule has 2 aromatic carbocycles. The van der Waals surface area contributed by atoms with Gasteiger partial charge < -0.3 is 5.32 Å². The van der Waals surface area contributed by atoms with Crippen LogP contribution in [0.3, 0.4) is 0 Å². The molecule has 0 bridgehead atoms. The van der Waals surface area contributed by atoms with Crippen LogP contribution >= 0.6 is 34.8 Å². The second-order valence-electron chi connectivity index (χ2n) is 4.95. The van der Waals surface area contributed by atoms with Gasteiger partial charge >= 0.3 is 0 Å². The van der Waals surface area contributed by atoms with E-state index in [4.69, 9.17) is 34.8 Å². The maximum atomic E-state index is 12.5. The molecule has 0 radical (unpaired) electrons. The number of carbonyl (C=O) groups excluding carboxylic acids is 2. The van der Waals surface area contributed by atoms with Crippen molar-refractivity contribution < 1.29 is 9.59 Å². The van der Waals surface area contributed by atoms with Crippen LogP contribution in [-0.4, -0.2) is 11.6 Å². The number of halogens is 3. The Labute approximate surface area is 147 Å². The Kier molecular flexibility index (Phi) is 4.44. The summed E-state index contributed by atoms with van der Waals surface area (Å²) >= 11 is 18.3. The van der Waals surface area contributed by atoms with E-state index < -0.39 is 0 Å². The third kappa shape index (κ3) is 2.88. The van der Waals surface area contributed by atoms with Crippen molar-refractivity contribution in [3.63, 3.8) is 0 Å². The van der Waals surface area contributed by atoms with E-state index in [1.54, 1.807) is 42.5 Å². The Balaban J connectivity index is 1.93. The number of Topliss-reactive ketones (excluding diaryl/α,β-unsaturated/α-hetero) is 2. The summed E-state index contributed by atoms with van der Waals surface area (Å²) in [6.07, 6.45) is 0. The topological polar surface area (TPSA) is 46.2 Å². The number of ketones is 2. The molecule has 1 aliphatic carbocycles. The third-order valence-electron chi connectivity index (χ3n) is 3.57. The fourth-order valence-electron chi connectivity index (χ4n) is 2.38. The Bertz CT molecular complexity index is 838. The van der Waals surface area contributed by atoms with Gasteiger partial charge in [0, 0.05) is 33.3 Å². The Hall–Kier alpha value is -1.81. The predicted molar refractivity (Wildman–Crippen MR) is 91.3 cm³/mol. The Morgan fingerprint density at radius 2 is 1.35 bits per heavy atom. The van der Waals surface area contributed by atoms with Crippen molar-refractivity contribution in [1.82, 2.24) is 5.32 Å². The molecular weight excluding hydrogens is 357 g/mol. The molecule has 0 fully saturated rings. The third-order valence-corrected chi connectivity index (χ3v) is 4.63. The molecule has 3 rings (SSSR count). The molecular formula is C17H10Cl3NO2. The molecule has 2 aromatic rings. The molecule has 1 N–H and O–H groups in total. The number of nitrogens with one attached hydrogen (secondary N) is 1. The summed E-state index contributed by atoms with van der Waals surface area (Å²) < 4.78 is 0. The zero-order valence-corrected chi connectivity index (χ0v) is 14.0. The SMILES string of the molecule is O=C1C(Cl)=C(NCc2c(Cl)cccc2Cl)C(=O)c2ccccc21. The largest absolute Gasteiger partial charge is 0.376 e. The first-order chi connectivity index (χ1) is 11.0. The van der Waals surface area contributed by atoms with Crippen LogP contribution in [0.15, 0.2) is 53.2 Å².